The fourth-order valence-corrected chi connectivity index (χ4v) is 1.20. The zero-order valence-corrected chi connectivity index (χ0v) is 8.20. The molecule has 4 nitrogen and oxygen atoms in total. The van der Waals surface area contributed by atoms with Crippen LogP contribution in [-0.2, 0) is 0 Å². The van der Waals surface area contributed by atoms with Gasteiger partial charge in [-0.25, -0.2) is 0 Å². The normalized spacial score (nSPS) is 9.57. The Bertz CT molecular complexity index is 361. The second-order valence-corrected chi connectivity index (χ2v) is 2.85. The minimum atomic E-state index is 0.0116. The van der Waals surface area contributed by atoms with Crippen molar-refractivity contribution in [3.8, 4) is 0 Å². The van der Waals surface area contributed by atoms with Crippen molar-refractivity contribution >= 4 is 17.2 Å². The van der Waals surface area contributed by atoms with E-state index in [0.29, 0.717) is 17.7 Å². The van der Waals surface area contributed by atoms with Crippen molar-refractivity contribution in [2.75, 3.05) is 12.4 Å². The van der Waals surface area contributed by atoms with E-state index in [4.69, 9.17) is 0 Å². The van der Waals surface area contributed by atoms with Crippen LogP contribution in [0.2, 0.25) is 0 Å². The predicted octanol–water partition coefficient (Wildman–Crippen LogP) is 2.72. The SMILES string of the molecule is CCC(=O)c1ccc(NC)c(N=O)c1. The number of carbonyl (C=O) groups is 1. The first-order valence-corrected chi connectivity index (χ1v) is 4.41. The average molecular weight is 192 g/mol. The molecule has 0 radical (unpaired) electrons. The summed E-state index contributed by atoms with van der Waals surface area (Å²) in [5.74, 6) is 0.0116. The topological polar surface area (TPSA) is 58.5 Å². The molecular formula is C10H12N2O2. The minimum absolute atomic E-state index is 0.0116. The van der Waals surface area contributed by atoms with Crippen LogP contribution < -0.4 is 5.32 Å². The molecule has 0 aliphatic heterocycles. The maximum Gasteiger partial charge on any atom is 0.162 e. The van der Waals surface area contributed by atoms with Gasteiger partial charge in [0.2, 0.25) is 0 Å². The fourth-order valence-electron chi connectivity index (χ4n) is 1.20. The number of rotatable bonds is 4. The molecule has 1 rings (SSSR count). The lowest BCUT2D eigenvalue weighted by Gasteiger charge is -2.04. The fraction of sp³-hybridized carbons (Fsp3) is 0.300. The number of hydrogen-bond donors (Lipinski definition) is 1. The summed E-state index contributed by atoms with van der Waals surface area (Å²) in [7, 11) is 1.70. The summed E-state index contributed by atoms with van der Waals surface area (Å²) in [6.45, 7) is 1.78. The number of anilines is 1. The molecule has 74 valence electrons. The first kappa shape index (κ1) is 10.4. The molecule has 0 aliphatic carbocycles. The van der Waals surface area contributed by atoms with Gasteiger partial charge < -0.3 is 5.32 Å². The molecule has 1 aromatic rings. The van der Waals surface area contributed by atoms with Gasteiger partial charge in [-0.3, -0.25) is 4.79 Å². The maximum atomic E-state index is 11.3. The lowest BCUT2D eigenvalue weighted by atomic mass is 10.1. The summed E-state index contributed by atoms with van der Waals surface area (Å²) in [6.07, 6.45) is 0.428. The predicted molar refractivity (Wildman–Crippen MR) is 56.1 cm³/mol. The Morgan fingerprint density at radius 3 is 2.71 bits per heavy atom. The third-order valence-electron chi connectivity index (χ3n) is 2.01. The van der Waals surface area contributed by atoms with Crippen molar-refractivity contribution in [3.05, 3.63) is 28.7 Å². The Morgan fingerprint density at radius 1 is 1.50 bits per heavy atom. The number of carbonyl (C=O) groups excluding carboxylic acids is 1. The number of nitrogens with one attached hydrogen (secondary N) is 1. The van der Waals surface area contributed by atoms with E-state index in [1.54, 1.807) is 26.1 Å². The van der Waals surface area contributed by atoms with E-state index >= 15 is 0 Å². The highest BCUT2D eigenvalue weighted by molar-refractivity contribution is 5.97. The molecule has 0 atom stereocenters. The molecule has 0 spiro atoms. The number of nitrogens with zero attached hydrogens (tertiary/aromatic N) is 1. The van der Waals surface area contributed by atoms with Crippen molar-refractivity contribution in [2.24, 2.45) is 5.18 Å². The van der Waals surface area contributed by atoms with Crippen molar-refractivity contribution in [1.29, 1.82) is 0 Å². The van der Waals surface area contributed by atoms with Gasteiger partial charge in [0.25, 0.3) is 0 Å². The van der Waals surface area contributed by atoms with Gasteiger partial charge in [-0.15, -0.1) is 4.91 Å². The third-order valence-corrected chi connectivity index (χ3v) is 2.01. The number of Topliss-reactive ketones (excluding diaryl/α,β-unsaturated/α-hetero) is 1. The Balaban J connectivity index is 3.13. The zero-order chi connectivity index (χ0) is 10.6. The van der Waals surface area contributed by atoms with E-state index in [1.165, 1.54) is 6.07 Å². The molecule has 0 fully saturated rings. The highest BCUT2D eigenvalue weighted by Gasteiger charge is 2.07. The average Bonchev–Trinajstić information content (AvgIpc) is 2.26. The second-order valence-electron chi connectivity index (χ2n) is 2.85. The van der Waals surface area contributed by atoms with Crippen LogP contribution in [0.4, 0.5) is 11.4 Å². The quantitative estimate of drug-likeness (QED) is 0.589. The van der Waals surface area contributed by atoms with Crippen molar-refractivity contribution in [1.82, 2.24) is 0 Å². The molecule has 0 saturated heterocycles. The standard InChI is InChI=1S/C10H12N2O2/c1-3-10(13)7-4-5-8(11-2)9(6-7)12-14/h4-6,11H,3H2,1-2H3. The molecular weight excluding hydrogens is 180 g/mol. The van der Waals surface area contributed by atoms with Crippen molar-refractivity contribution < 1.29 is 4.79 Å². The highest BCUT2D eigenvalue weighted by Crippen LogP contribution is 2.25. The van der Waals surface area contributed by atoms with Crippen LogP contribution in [0.15, 0.2) is 23.4 Å². The molecule has 1 aromatic carbocycles. The third kappa shape index (κ3) is 1.96. The lowest BCUT2D eigenvalue weighted by molar-refractivity contribution is 0.0988. The number of hydrogen-bond acceptors (Lipinski definition) is 4. The van der Waals surface area contributed by atoms with Crippen LogP contribution in [0.3, 0.4) is 0 Å². The van der Waals surface area contributed by atoms with Gasteiger partial charge in [0.15, 0.2) is 5.78 Å². The summed E-state index contributed by atoms with van der Waals surface area (Å²) in [6, 6.07) is 4.87. The number of nitroso groups, excluding NO2 is 1. The van der Waals surface area contributed by atoms with E-state index in [0.717, 1.165) is 0 Å². The summed E-state index contributed by atoms with van der Waals surface area (Å²) in [5, 5.41) is 5.68. The Morgan fingerprint density at radius 2 is 2.21 bits per heavy atom. The molecule has 4 heteroatoms. The molecule has 0 bridgehead atoms. The van der Waals surface area contributed by atoms with Crippen molar-refractivity contribution in [2.45, 2.75) is 13.3 Å². The van der Waals surface area contributed by atoms with Gasteiger partial charge >= 0.3 is 0 Å². The second kappa shape index (κ2) is 4.50. The van der Waals surface area contributed by atoms with Crippen LogP contribution in [0, 0.1) is 4.91 Å². The van der Waals surface area contributed by atoms with Gasteiger partial charge in [0, 0.05) is 19.0 Å². The molecule has 0 heterocycles. The molecule has 1 N–H and O–H groups in total. The molecule has 0 saturated carbocycles. The van der Waals surface area contributed by atoms with Gasteiger partial charge in [-0.1, -0.05) is 6.92 Å². The smallest absolute Gasteiger partial charge is 0.162 e. The molecule has 14 heavy (non-hydrogen) atoms. The van der Waals surface area contributed by atoms with E-state index in [9.17, 15) is 9.70 Å². The van der Waals surface area contributed by atoms with Crippen molar-refractivity contribution in [3.63, 3.8) is 0 Å². The summed E-state index contributed by atoms with van der Waals surface area (Å²) >= 11 is 0. The number of ketones is 1. The van der Waals surface area contributed by atoms with E-state index in [2.05, 4.69) is 10.5 Å². The van der Waals surface area contributed by atoms with Gasteiger partial charge in [-0.05, 0) is 23.4 Å². The number of benzene rings is 1. The maximum absolute atomic E-state index is 11.3. The van der Waals surface area contributed by atoms with Gasteiger partial charge in [0.05, 0.1) is 5.69 Å². The van der Waals surface area contributed by atoms with Crippen LogP contribution in [0.5, 0.6) is 0 Å². The van der Waals surface area contributed by atoms with E-state index < -0.39 is 0 Å². The summed E-state index contributed by atoms with van der Waals surface area (Å²) < 4.78 is 0. The Kier molecular flexibility index (Phi) is 3.34. The summed E-state index contributed by atoms with van der Waals surface area (Å²) in [4.78, 5) is 21.8. The first-order valence-electron chi connectivity index (χ1n) is 4.41. The first-order chi connectivity index (χ1) is 6.72. The highest BCUT2D eigenvalue weighted by atomic mass is 16.3. The van der Waals surface area contributed by atoms with Crippen LogP contribution in [0.1, 0.15) is 23.7 Å². The van der Waals surface area contributed by atoms with Crippen LogP contribution >= 0.6 is 0 Å². The monoisotopic (exact) mass is 192 g/mol. The molecule has 0 amide bonds. The Labute approximate surface area is 82.3 Å². The molecule has 0 aliphatic rings. The minimum Gasteiger partial charge on any atom is -0.386 e. The van der Waals surface area contributed by atoms with Crippen LogP contribution in [0.25, 0.3) is 0 Å². The molecule has 0 aromatic heterocycles. The van der Waals surface area contributed by atoms with Gasteiger partial charge in [0.1, 0.15) is 5.69 Å². The zero-order valence-electron chi connectivity index (χ0n) is 8.20. The summed E-state index contributed by atoms with van der Waals surface area (Å²) in [5.41, 5.74) is 1.43. The van der Waals surface area contributed by atoms with E-state index in [-0.39, 0.29) is 11.5 Å². The largest absolute Gasteiger partial charge is 0.386 e. The van der Waals surface area contributed by atoms with Crippen LogP contribution in [-0.4, -0.2) is 12.8 Å². The van der Waals surface area contributed by atoms with E-state index in [1.807, 2.05) is 0 Å². The van der Waals surface area contributed by atoms with Gasteiger partial charge in [-0.2, -0.15) is 0 Å². The molecule has 0 unspecified atom stereocenters. The Hall–Kier alpha value is -1.71. The lowest BCUT2D eigenvalue weighted by Crippen LogP contribution is -1.97.